The predicted molar refractivity (Wildman–Crippen MR) is 93.0 cm³/mol. The Labute approximate surface area is 143 Å². The molecule has 0 aromatic heterocycles. The maximum Gasteiger partial charge on any atom is 0.253 e. The second kappa shape index (κ2) is 6.15. The van der Waals surface area contributed by atoms with Gasteiger partial charge in [0.05, 0.1) is 11.5 Å². The van der Waals surface area contributed by atoms with E-state index in [1.807, 2.05) is 11.0 Å². The normalized spacial score (nSPS) is 26.5. The molecule has 0 bridgehead atoms. The molecule has 0 radical (unpaired) electrons. The third-order valence-electron chi connectivity index (χ3n) is 5.67. The lowest BCUT2D eigenvalue weighted by atomic mass is 10.1. The fraction of sp³-hybridized carbons (Fsp3) is 0.611. The van der Waals surface area contributed by atoms with Gasteiger partial charge in [-0.1, -0.05) is 6.07 Å². The van der Waals surface area contributed by atoms with Crippen molar-refractivity contribution in [3.8, 4) is 0 Å². The average Bonchev–Trinajstić information content (AvgIpc) is 3.19. The van der Waals surface area contributed by atoms with E-state index in [1.165, 1.54) is 17.5 Å². The van der Waals surface area contributed by atoms with Gasteiger partial charge in [0.15, 0.2) is 9.84 Å². The zero-order chi connectivity index (χ0) is 16.7. The number of benzene rings is 1. The van der Waals surface area contributed by atoms with Gasteiger partial charge < -0.3 is 4.90 Å². The van der Waals surface area contributed by atoms with Gasteiger partial charge in [0.1, 0.15) is 0 Å². The number of hydrogen-bond donors (Lipinski definition) is 0. The number of piperazine rings is 1. The van der Waals surface area contributed by atoms with Gasteiger partial charge in [-0.3, -0.25) is 9.69 Å². The molecule has 4 rings (SSSR count). The topological polar surface area (TPSA) is 57.7 Å². The van der Waals surface area contributed by atoms with Crippen LogP contribution in [0.15, 0.2) is 18.2 Å². The summed E-state index contributed by atoms with van der Waals surface area (Å²) in [5.41, 5.74) is 3.52. The second-order valence-corrected chi connectivity index (χ2v) is 9.45. The van der Waals surface area contributed by atoms with Crippen molar-refractivity contribution in [2.45, 2.75) is 31.7 Å². The lowest BCUT2D eigenvalue weighted by molar-refractivity contribution is 0.0587. The maximum absolute atomic E-state index is 12.7. The van der Waals surface area contributed by atoms with Gasteiger partial charge in [0, 0.05) is 37.8 Å². The van der Waals surface area contributed by atoms with Crippen LogP contribution < -0.4 is 0 Å². The SMILES string of the molecule is O=C(c1ccc2c(c1)CCC2)N1CCN(C2CCS(=O)(=O)C2)CC1. The number of rotatable bonds is 2. The summed E-state index contributed by atoms with van der Waals surface area (Å²) in [5.74, 6) is 0.709. The molecule has 2 saturated heterocycles. The number of carbonyl (C=O) groups is 1. The zero-order valence-electron chi connectivity index (χ0n) is 13.9. The van der Waals surface area contributed by atoms with Crippen LogP contribution in [-0.2, 0) is 22.7 Å². The highest BCUT2D eigenvalue weighted by atomic mass is 32.2. The number of fused-ring (bicyclic) bond motifs is 1. The highest BCUT2D eigenvalue weighted by Crippen LogP contribution is 2.24. The molecule has 1 atom stereocenters. The number of amides is 1. The minimum absolute atomic E-state index is 0.114. The fourth-order valence-electron chi connectivity index (χ4n) is 4.24. The number of hydrogen-bond acceptors (Lipinski definition) is 4. The third kappa shape index (κ3) is 3.09. The molecule has 0 saturated carbocycles. The van der Waals surface area contributed by atoms with Crippen molar-refractivity contribution in [1.82, 2.24) is 9.80 Å². The fourth-order valence-corrected chi connectivity index (χ4v) is 6.00. The highest BCUT2D eigenvalue weighted by molar-refractivity contribution is 7.91. The van der Waals surface area contributed by atoms with E-state index in [0.717, 1.165) is 37.9 Å². The molecule has 130 valence electrons. The molecule has 1 aromatic rings. The summed E-state index contributed by atoms with van der Waals surface area (Å²) in [6.07, 6.45) is 4.14. The second-order valence-electron chi connectivity index (χ2n) is 7.22. The summed E-state index contributed by atoms with van der Waals surface area (Å²) in [7, 11) is -2.85. The smallest absolute Gasteiger partial charge is 0.253 e. The van der Waals surface area contributed by atoms with Crippen molar-refractivity contribution in [2.24, 2.45) is 0 Å². The summed E-state index contributed by atoms with van der Waals surface area (Å²) < 4.78 is 23.3. The van der Waals surface area contributed by atoms with Crippen LogP contribution in [0.1, 0.15) is 34.3 Å². The van der Waals surface area contributed by atoms with Gasteiger partial charge in [-0.2, -0.15) is 0 Å². The van der Waals surface area contributed by atoms with E-state index in [0.29, 0.717) is 18.8 Å². The number of carbonyl (C=O) groups excluding carboxylic acids is 1. The zero-order valence-corrected chi connectivity index (χ0v) is 14.7. The van der Waals surface area contributed by atoms with Crippen molar-refractivity contribution >= 4 is 15.7 Å². The Morgan fingerprint density at radius 2 is 1.79 bits per heavy atom. The molecule has 24 heavy (non-hydrogen) atoms. The first-order valence-electron chi connectivity index (χ1n) is 8.87. The molecule has 0 spiro atoms. The highest BCUT2D eigenvalue weighted by Gasteiger charge is 2.34. The van der Waals surface area contributed by atoms with Gasteiger partial charge >= 0.3 is 0 Å². The van der Waals surface area contributed by atoms with Gasteiger partial charge in [0.2, 0.25) is 0 Å². The molecule has 1 aromatic carbocycles. The third-order valence-corrected chi connectivity index (χ3v) is 7.42. The molecule has 3 aliphatic rings. The van der Waals surface area contributed by atoms with Crippen LogP contribution in [0.25, 0.3) is 0 Å². The van der Waals surface area contributed by atoms with E-state index in [-0.39, 0.29) is 17.7 Å². The monoisotopic (exact) mass is 348 g/mol. The van der Waals surface area contributed by atoms with Crippen LogP contribution in [-0.4, -0.2) is 67.9 Å². The van der Waals surface area contributed by atoms with E-state index in [2.05, 4.69) is 17.0 Å². The van der Waals surface area contributed by atoms with Crippen molar-refractivity contribution in [2.75, 3.05) is 37.7 Å². The largest absolute Gasteiger partial charge is 0.336 e. The van der Waals surface area contributed by atoms with Crippen molar-refractivity contribution in [1.29, 1.82) is 0 Å². The molecule has 5 nitrogen and oxygen atoms in total. The van der Waals surface area contributed by atoms with Gasteiger partial charge in [-0.25, -0.2) is 8.42 Å². The van der Waals surface area contributed by atoms with E-state index in [9.17, 15) is 13.2 Å². The molecule has 1 amide bonds. The Balaban J connectivity index is 1.38. The van der Waals surface area contributed by atoms with E-state index >= 15 is 0 Å². The summed E-state index contributed by atoms with van der Waals surface area (Å²) in [6, 6.07) is 6.28. The Kier molecular flexibility index (Phi) is 4.12. The first-order chi connectivity index (χ1) is 11.5. The van der Waals surface area contributed by atoms with Crippen LogP contribution in [0.4, 0.5) is 0 Å². The molecular weight excluding hydrogens is 324 g/mol. The molecule has 6 heteroatoms. The van der Waals surface area contributed by atoms with E-state index in [4.69, 9.17) is 0 Å². The van der Waals surface area contributed by atoms with E-state index in [1.54, 1.807) is 0 Å². The van der Waals surface area contributed by atoms with Gasteiger partial charge in [0.25, 0.3) is 5.91 Å². The molecule has 2 fully saturated rings. The van der Waals surface area contributed by atoms with Crippen LogP contribution in [0.2, 0.25) is 0 Å². The van der Waals surface area contributed by atoms with Crippen molar-refractivity contribution in [3.05, 3.63) is 34.9 Å². The Morgan fingerprint density at radius 3 is 2.50 bits per heavy atom. The predicted octanol–water partition coefficient (Wildman–Crippen LogP) is 1.12. The average molecular weight is 348 g/mol. The van der Waals surface area contributed by atoms with Crippen LogP contribution >= 0.6 is 0 Å². The summed E-state index contributed by atoms with van der Waals surface area (Å²) in [4.78, 5) is 16.9. The Morgan fingerprint density at radius 1 is 1.04 bits per heavy atom. The summed E-state index contributed by atoms with van der Waals surface area (Å²) in [5, 5.41) is 0. The van der Waals surface area contributed by atoms with Crippen LogP contribution in [0.5, 0.6) is 0 Å². The van der Waals surface area contributed by atoms with E-state index < -0.39 is 9.84 Å². The number of aryl methyl sites for hydroxylation is 2. The first kappa shape index (κ1) is 16.1. The minimum atomic E-state index is -2.85. The Bertz CT molecular complexity index is 752. The van der Waals surface area contributed by atoms with Crippen molar-refractivity contribution in [3.63, 3.8) is 0 Å². The maximum atomic E-state index is 12.7. The molecule has 1 unspecified atom stereocenters. The summed E-state index contributed by atoms with van der Waals surface area (Å²) >= 11 is 0. The van der Waals surface area contributed by atoms with Gasteiger partial charge in [-0.05, 0) is 48.9 Å². The first-order valence-corrected chi connectivity index (χ1v) is 10.7. The molecule has 2 aliphatic heterocycles. The van der Waals surface area contributed by atoms with Gasteiger partial charge in [-0.15, -0.1) is 0 Å². The van der Waals surface area contributed by atoms with Crippen LogP contribution in [0.3, 0.4) is 0 Å². The minimum Gasteiger partial charge on any atom is -0.336 e. The van der Waals surface area contributed by atoms with Crippen LogP contribution in [0, 0.1) is 0 Å². The molecular formula is C18H24N2O3S. The summed E-state index contributed by atoms with van der Waals surface area (Å²) in [6.45, 7) is 2.92. The molecule has 2 heterocycles. The number of sulfone groups is 1. The molecule has 0 N–H and O–H groups in total. The standard InChI is InChI=1S/C18H24N2O3S/c21-18(16-5-4-14-2-1-3-15(14)12-16)20-9-7-19(8-10-20)17-6-11-24(22,23)13-17/h4-5,12,17H,1-3,6-11,13H2. The lowest BCUT2D eigenvalue weighted by Crippen LogP contribution is -2.52. The molecule has 1 aliphatic carbocycles. The quantitative estimate of drug-likeness (QED) is 0.804. The Hall–Kier alpha value is -1.40. The van der Waals surface area contributed by atoms with Crippen molar-refractivity contribution < 1.29 is 13.2 Å². The number of nitrogens with zero attached hydrogens (tertiary/aromatic N) is 2. The lowest BCUT2D eigenvalue weighted by Gasteiger charge is -2.37.